The molecule has 0 radical (unpaired) electrons. The van der Waals surface area contributed by atoms with Gasteiger partial charge in [-0.05, 0) is 58.1 Å². The molecule has 0 bridgehead atoms. The van der Waals surface area contributed by atoms with E-state index >= 15 is 0 Å². The number of nitrogens with zero attached hydrogens (tertiary/aromatic N) is 7. The van der Waals surface area contributed by atoms with Crippen LogP contribution in [0.15, 0.2) is 112 Å². The minimum Gasteiger partial charge on any atom is -0.494 e. The van der Waals surface area contributed by atoms with E-state index in [1.54, 1.807) is 91.0 Å². The van der Waals surface area contributed by atoms with E-state index in [0.29, 0.717) is 46.7 Å². The Bertz CT molecular complexity index is 1860. The second kappa shape index (κ2) is 15.4. The SMILES string of the molecule is [N-]=[N+]=NCc1ccccc1[C@H]1OC(c2ccc(OCCCO)cc2)=N[C@@]1(Cc1ccccc1N=[N+]=[N-])C(=O)NCc1ccccc1F. The first-order valence-electron chi connectivity index (χ1n) is 14.8. The summed E-state index contributed by atoms with van der Waals surface area (Å²) in [6, 6.07) is 27.1. The summed E-state index contributed by atoms with van der Waals surface area (Å²) in [5.41, 5.74) is 19.5. The molecule has 4 aromatic carbocycles. The van der Waals surface area contributed by atoms with Crippen LogP contribution in [0.2, 0.25) is 0 Å². The van der Waals surface area contributed by atoms with Crippen LogP contribution in [0.5, 0.6) is 5.75 Å². The number of aliphatic hydroxyl groups excluding tert-OH is 1. The molecule has 0 aliphatic carbocycles. The Morgan fingerprint density at radius 1 is 0.957 bits per heavy atom. The van der Waals surface area contributed by atoms with Crippen molar-refractivity contribution >= 4 is 17.5 Å². The number of carbonyl (C=O) groups excluding carboxylic acids is 1. The average Bonchev–Trinajstić information content (AvgIpc) is 3.48. The molecule has 0 aromatic heterocycles. The molecule has 2 N–H and O–H groups in total. The zero-order valence-corrected chi connectivity index (χ0v) is 25.2. The molecule has 47 heavy (non-hydrogen) atoms. The summed E-state index contributed by atoms with van der Waals surface area (Å²) in [5.74, 6) is -0.286. The van der Waals surface area contributed by atoms with Crippen LogP contribution in [0.3, 0.4) is 0 Å². The Morgan fingerprint density at radius 3 is 2.38 bits per heavy atom. The minimum atomic E-state index is -1.69. The summed E-state index contributed by atoms with van der Waals surface area (Å²) in [6.45, 7) is 0.218. The van der Waals surface area contributed by atoms with E-state index in [0.717, 1.165) is 0 Å². The van der Waals surface area contributed by atoms with Crippen LogP contribution in [0, 0.1) is 5.82 Å². The lowest BCUT2D eigenvalue weighted by molar-refractivity contribution is -0.129. The van der Waals surface area contributed by atoms with Crippen LogP contribution in [0.25, 0.3) is 20.9 Å². The number of benzene rings is 4. The van der Waals surface area contributed by atoms with E-state index in [1.165, 1.54) is 6.07 Å². The molecule has 0 saturated carbocycles. The minimum absolute atomic E-state index is 0.00906. The molecule has 1 heterocycles. The van der Waals surface area contributed by atoms with Crippen LogP contribution in [-0.2, 0) is 29.0 Å². The Balaban J connectivity index is 1.65. The maximum absolute atomic E-state index is 14.6. The summed E-state index contributed by atoms with van der Waals surface area (Å²) < 4.78 is 26.9. The predicted molar refractivity (Wildman–Crippen MR) is 173 cm³/mol. The number of rotatable bonds is 14. The number of ether oxygens (including phenoxy) is 2. The van der Waals surface area contributed by atoms with Crippen LogP contribution in [0.1, 0.15) is 40.3 Å². The molecule has 0 unspecified atom stereocenters. The number of halogens is 1. The van der Waals surface area contributed by atoms with Crippen molar-refractivity contribution in [2.75, 3.05) is 13.2 Å². The van der Waals surface area contributed by atoms with Crippen LogP contribution in [-0.4, -0.2) is 35.7 Å². The molecule has 238 valence electrons. The van der Waals surface area contributed by atoms with Crippen molar-refractivity contribution in [1.82, 2.24) is 5.32 Å². The topological polar surface area (TPSA) is 178 Å². The number of aliphatic imine (C=N–C) groups is 1. The van der Waals surface area contributed by atoms with Crippen molar-refractivity contribution in [3.05, 3.63) is 152 Å². The van der Waals surface area contributed by atoms with Crippen molar-refractivity contribution in [3.63, 3.8) is 0 Å². The van der Waals surface area contributed by atoms with E-state index in [9.17, 15) is 14.7 Å². The van der Waals surface area contributed by atoms with Gasteiger partial charge in [0.05, 0.1) is 13.2 Å². The van der Waals surface area contributed by atoms with E-state index in [4.69, 9.17) is 25.1 Å². The first-order chi connectivity index (χ1) is 23.0. The van der Waals surface area contributed by atoms with Gasteiger partial charge in [-0.15, -0.1) is 0 Å². The third-order valence-corrected chi connectivity index (χ3v) is 7.67. The molecule has 12 nitrogen and oxygen atoms in total. The molecule has 13 heteroatoms. The maximum atomic E-state index is 14.6. The summed E-state index contributed by atoms with van der Waals surface area (Å²) >= 11 is 0. The van der Waals surface area contributed by atoms with Crippen molar-refractivity contribution in [1.29, 1.82) is 0 Å². The number of amides is 1. The van der Waals surface area contributed by atoms with Crippen LogP contribution >= 0.6 is 0 Å². The summed E-state index contributed by atoms with van der Waals surface area (Å²) in [6.07, 6.45) is -0.614. The van der Waals surface area contributed by atoms with Gasteiger partial charge in [-0.2, -0.15) is 0 Å². The van der Waals surface area contributed by atoms with Gasteiger partial charge in [-0.25, -0.2) is 9.38 Å². The van der Waals surface area contributed by atoms with Gasteiger partial charge < -0.3 is 19.9 Å². The zero-order valence-electron chi connectivity index (χ0n) is 25.2. The smallest absolute Gasteiger partial charge is 0.252 e. The summed E-state index contributed by atoms with van der Waals surface area (Å²) in [5, 5.41) is 19.5. The third kappa shape index (κ3) is 7.51. The molecular weight excluding hydrogens is 603 g/mol. The molecule has 0 saturated heterocycles. The fourth-order valence-corrected chi connectivity index (χ4v) is 5.37. The Kier molecular flexibility index (Phi) is 10.7. The second-order valence-corrected chi connectivity index (χ2v) is 10.6. The molecule has 1 aliphatic rings. The largest absolute Gasteiger partial charge is 0.494 e. The highest BCUT2D eigenvalue weighted by Crippen LogP contribution is 2.45. The van der Waals surface area contributed by atoms with Crippen molar-refractivity contribution in [2.45, 2.75) is 37.6 Å². The van der Waals surface area contributed by atoms with Crippen molar-refractivity contribution in [3.8, 4) is 5.75 Å². The third-order valence-electron chi connectivity index (χ3n) is 7.67. The number of carbonyl (C=O) groups is 1. The van der Waals surface area contributed by atoms with Crippen molar-refractivity contribution < 1.29 is 23.8 Å². The summed E-state index contributed by atoms with van der Waals surface area (Å²) in [7, 11) is 0. The molecular formula is C34H31FN8O4. The summed E-state index contributed by atoms with van der Waals surface area (Å²) in [4.78, 5) is 25.4. The highest BCUT2D eigenvalue weighted by Gasteiger charge is 2.54. The lowest BCUT2D eigenvalue weighted by Crippen LogP contribution is -2.50. The fourth-order valence-electron chi connectivity index (χ4n) is 5.37. The molecule has 1 aliphatic heterocycles. The van der Waals surface area contributed by atoms with Crippen LogP contribution in [0.4, 0.5) is 10.1 Å². The maximum Gasteiger partial charge on any atom is 0.252 e. The highest BCUT2D eigenvalue weighted by atomic mass is 19.1. The van der Waals surface area contributed by atoms with Gasteiger partial charge in [0.25, 0.3) is 5.91 Å². The molecule has 5 rings (SSSR count). The first-order valence-corrected chi connectivity index (χ1v) is 14.8. The second-order valence-electron chi connectivity index (χ2n) is 10.6. The van der Waals surface area contributed by atoms with Gasteiger partial charge in [0.2, 0.25) is 5.90 Å². The lowest BCUT2D eigenvalue weighted by atomic mass is 9.80. The highest BCUT2D eigenvalue weighted by molar-refractivity contribution is 6.01. The lowest BCUT2D eigenvalue weighted by Gasteiger charge is -2.32. The number of aliphatic hydroxyl groups is 1. The Morgan fingerprint density at radius 2 is 1.66 bits per heavy atom. The van der Waals surface area contributed by atoms with Gasteiger partial charge in [-0.3, -0.25) is 4.79 Å². The monoisotopic (exact) mass is 634 g/mol. The van der Waals surface area contributed by atoms with E-state index in [2.05, 4.69) is 25.4 Å². The molecule has 1 amide bonds. The average molecular weight is 635 g/mol. The number of nitrogens with one attached hydrogen (secondary N) is 1. The molecule has 4 aromatic rings. The van der Waals surface area contributed by atoms with Crippen LogP contribution < -0.4 is 10.1 Å². The van der Waals surface area contributed by atoms with E-state index < -0.39 is 23.4 Å². The Hall–Kier alpha value is -5.87. The van der Waals surface area contributed by atoms with Gasteiger partial charge in [-0.1, -0.05) is 77.0 Å². The van der Waals surface area contributed by atoms with Gasteiger partial charge in [0, 0.05) is 52.6 Å². The standard InChI is InChI=1S/C34H31FN8O4/c35-29-12-5-2-10-26(29)21-38-33(45)34(20-24-8-3-6-13-30(24)41-43-37)31(28-11-4-1-9-25(28)22-39-42-36)47-32(40-34)23-14-16-27(17-15-23)46-19-7-18-44/h1-6,8-17,31,44H,7,18-22H2,(H,38,45)/t31-,34-/m1/s1. The molecule has 0 spiro atoms. The van der Waals surface area contributed by atoms with Gasteiger partial charge >= 0.3 is 0 Å². The van der Waals surface area contributed by atoms with Gasteiger partial charge in [0.1, 0.15) is 11.6 Å². The number of hydrogen-bond acceptors (Lipinski definition) is 7. The predicted octanol–water partition coefficient (Wildman–Crippen LogP) is 7.16. The number of azide groups is 2. The zero-order chi connectivity index (χ0) is 33.1. The van der Waals surface area contributed by atoms with E-state index in [1.807, 2.05) is 0 Å². The first kappa shape index (κ1) is 32.5. The number of hydrogen-bond donors (Lipinski definition) is 2. The Labute approximate surface area is 269 Å². The molecule has 2 atom stereocenters. The quantitative estimate of drug-likeness (QED) is 0.0647. The van der Waals surface area contributed by atoms with E-state index in [-0.39, 0.29) is 37.6 Å². The fraction of sp³-hybridized carbons (Fsp3) is 0.235. The van der Waals surface area contributed by atoms with Crippen molar-refractivity contribution in [2.24, 2.45) is 15.2 Å². The van der Waals surface area contributed by atoms with Gasteiger partial charge in [0.15, 0.2) is 11.6 Å². The normalized spacial score (nSPS) is 16.6. The molecule has 0 fully saturated rings.